The lowest BCUT2D eigenvalue weighted by molar-refractivity contribution is 0.208. The molecule has 1 saturated heterocycles. The highest BCUT2D eigenvalue weighted by Crippen LogP contribution is 2.20. The lowest BCUT2D eigenvalue weighted by atomic mass is 10.1. The summed E-state index contributed by atoms with van der Waals surface area (Å²) in [5.74, 6) is 0.846. The summed E-state index contributed by atoms with van der Waals surface area (Å²) in [7, 11) is 0. The van der Waals surface area contributed by atoms with Crippen LogP contribution in [0.1, 0.15) is 11.1 Å². The molecule has 2 heterocycles. The summed E-state index contributed by atoms with van der Waals surface area (Å²) in [6, 6.07) is 20.0. The standard InChI is InChI=1S/C23H25N5O/c1-17-8-9-20(18(2)16-17)24-23(29)28-14-12-27(13-15-28)22-11-10-21(25-26-22)19-6-4-3-5-7-19/h3-11,16H,12-15H2,1-2H3,(H,24,29). The average Bonchev–Trinajstić information content (AvgIpc) is 2.76. The van der Waals surface area contributed by atoms with Crippen molar-refractivity contribution in [2.24, 2.45) is 0 Å². The van der Waals surface area contributed by atoms with Crippen LogP contribution in [-0.4, -0.2) is 47.3 Å². The van der Waals surface area contributed by atoms with Gasteiger partial charge in [0.1, 0.15) is 0 Å². The highest BCUT2D eigenvalue weighted by molar-refractivity contribution is 5.90. The summed E-state index contributed by atoms with van der Waals surface area (Å²) < 4.78 is 0. The van der Waals surface area contributed by atoms with E-state index in [4.69, 9.17) is 0 Å². The van der Waals surface area contributed by atoms with Gasteiger partial charge in [0.15, 0.2) is 5.82 Å². The van der Waals surface area contributed by atoms with Gasteiger partial charge in [0.2, 0.25) is 0 Å². The van der Waals surface area contributed by atoms with Gasteiger partial charge in [-0.1, -0.05) is 48.0 Å². The average molecular weight is 387 g/mol. The normalized spacial score (nSPS) is 14.0. The first-order valence-corrected chi connectivity index (χ1v) is 9.87. The van der Waals surface area contributed by atoms with Gasteiger partial charge >= 0.3 is 6.03 Å². The first kappa shape index (κ1) is 18.9. The van der Waals surface area contributed by atoms with Crippen LogP contribution >= 0.6 is 0 Å². The second kappa shape index (κ2) is 8.31. The van der Waals surface area contributed by atoms with E-state index in [-0.39, 0.29) is 6.03 Å². The van der Waals surface area contributed by atoms with E-state index in [0.29, 0.717) is 13.1 Å². The van der Waals surface area contributed by atoms with Gasteiger partial charge in [-0.25, -0.2) is 4.79 Å². The Kier molecular flexibility index (Phi) is 5.42. The molecule has 0 bridgehead atoms. The number of carbonyl (C=O) groups is 1. The number of aromatic nitrogens is 2. The number of anilines is 2. The van der Waals surface area contributed by atoms with Crippen molar-refractivity contribution in [2.45, 2.75) is 13.8 Å². The molecule has 6 heteroatoms. The van der Waals surface area contributed by atoms with E-state index in [9.17, 15) is 4.79 Å². The number of urea groups is 1. The van der Waals surface area contributed by atoms with Gasteiger partial charge in [0, 0.05) is 37.4 Å². The van der Waals surface area contributed by atoms with E-state index in [1.54, 1.807) is 0 Å². The molecule has 4 rings (SSSR count). The van der Waals surface area contributed by atoms with E-state index in [2.05, 4.69) is 26.5 Å². The Morgan fingerprint density at radius 3 is 2.31 bits per heavy atom. The summed E-state index contributed by atoms with van der Waals surface area (Å²) in [6.07, 6.45) is 0. The molecule has 6 nitrogen and oxygen atoms in total. The molecule has 1 N–H and O–H groups in total. The summed E-state index contributed by atoms with van der Waals surface area (Å²) >= 11 is 0. The number of benzene rings is 2. The zero-order valence-electron chi connectivity index (χ0n) is 16.8. The van der Waals surface area contributed by atoms with Crippen molar-refractivity contribution < 1.29 is 4.79 Å². The van der Waals surface area contributed by atoms with Gasteiger partial charge in [-0.2, -0.15) is 0 Å². The van der Waals surface area contributed by atoms with Gasteiger partial charge in [-0.15, -0.1) is 10.2 Å². The second-order valence-electron chi connectivity index (χ2n) is 7.37. The Labute approximate surface area is 171 Å². The minimum Gasteiger partial charge on any atom is -0.352 e. The van der Waals surface area contributed by atoms with Crippen molar-refractivity contribution in [1.29, 1.82) is 0 Å². The van der Waals surface area contributed by atoms with Crippen LogP contribution in [0.3, 0.4) is 0 Å². The smallest absolute Gasteiger partial charge is 0.321 e. The quantitative estimate of drug-likeness (QED) is 0.735. The lowest BCUT2D eigenvalue weighted by Crippen LogP contribution is -2.50. The van der Waals surface area contributed by atoms with Crippen LogP contribution in [-0.2, 0) is 0 Å². The number of rotatable bonds is 3. The molecule has 2 amide bonds. The predicted octanol–water partition coefficient (Wildman–Crippen LogP) is 4.11. The van der Waals surface area contributed by atoms with Crippen LogP contribution in [0, 0.1) is 13.8 Å². The third-order valence-corrected chi connectivity index (χ3v) is 5.23. The van der Waals surface area contributed by atoms with E-state index < -0.39 is 0 Å². The molecule has 1 fully saturated rings. The molecule has 29 heavy (non-hydrogen) atoms. The maximum Gasteiger partial charge on any atom is 0.321 e. The molecular weight excluding hydrogens is 362 g/mol. The third kappa shape index (κ3) is 4.37. The van der Waals surface area contributed by atoms with Crippen LogP contribution in [0.2, 0.25) is 0 Å². The van der Waals surface area contributed by atoms with Gasteiger partial charge in [0.25, 0.3) is 0 Å². The lowest BCUT2D eigenvalue weighted by Gasteiger charge is -2.35. The maximum atomic E-state index is 12.6. The van der Waals surface area contributed by atoms with E-state index in [1.165, 1.54) is 5.56 Å². The Balaban J connectivity index is 1.35. The van der Waals surface area contributed by atoms with Gasteiger partial charge in [0.05, 0.1) is 5.69 Å². The second-order valence-corrected chi connectivity index (χ2v) is 7.37. The number of aryl methyl sites for hydroxylation is 2. The topological polar surface area (TPSA) is 61.4 Å². The zero-order valence-corrected chi connectivity index (χ0v) is 16.8. The highest BCUT2D eigenvalue weighted by Gasteiger charge is 2.22. The fourth-order valence-corrected chi connectivity index (χ4v) is 3.54. The van der Waals surface area contributed by atoms with Gasteiger partial charge in [-0.05, 0) is 37.6 Å². The molecule has 0 radical (unpaired) electrons. The van der Waals surface area contributed by atoms with Crippen molar-refractivity contribution in [3.8, 4) is 11.3 Å². The first-order valence-electron chi connectivity index (χ1n) is 9.87. The minimum absolute atomic E-state index is 0.0536. The third-order valence-electron chi connectivity index (χ3n) is 5.23. The zero-order chi connectivity index (χ0) is 20.2. The Bertz CT molecular complexity index is 980. The largest absolute Gasteiger partial charge is 0.352 e. The summed E-state index contributed by atoms with van der Waals surface area (Å²) in [6.45, 7) is 6.84. The molecule has 0 aliphatic carbocycles. The molecular formula is C23H25N5O. The first-order chi connectivity index (χ1) is 14.1. The van der Waals surface area contributed by atoms with Crippen LogP contribution in [0.25, 0.3) is 11.3 Å². The fourth-order valence-electron chi connectivity index (χ4n) is 3.54. The van der Waals surface area contributed by atoms with E-state index in [1.807, 2.05) is 73.3 Å². The van der Waals surface area contributed by atoms with E-state index >= 15 is 0 Å². The minimum atomic E-state index is -0.0536. The molecule has 1 aliphatic heterocycles. The molecule has 0 atom stereocenters. The molecule has 148 valence electrons. The number of piperazine rings is 1. The van der Waals surface area contributed by atoms with Crippen molar-refractivity contribution >= 4 is 17.5 Å². The van der Waals surface area contributed by atoms with Crippen molar-refractivity contribution in [3.05, 3.63) is 71.8 Å². The summed E-state index contributed by atoms with van der Waals surface area (Å²) in [5, 5.41) is 11.8. The maximum absolute atomic E-state index is 12.6. The van der Waals surface area contributed by atoms with Gasteiger partial charge < -0.3 is 15.1 Å². The number of hydrogen-bond donors (Lipinski definition) is 1. The Morgan fingerprint density at radius 1 is 0.897 bits per heavy atom. The summed E-state index contributed by atoms with van der Waals surface area (Å²) in [4.78, 5) is 16.6. The van der Waals surface area contributed by atoms with Crippen molar-refractivity contribution in [1.82, 2.24) is 15.1 Å². The molecule has 0 unspecified atom stereocenters. The number of carbonyl (C=O) groups excluding carboxylic acids is 1. The molecule has 2 aromatic carbocycles. The molecule has 3 aromatic rings. The molecule has 0 spiro atoms. The molecule has 0 saturated carbocycles. The fraction of sp³-hybridized carbons (Fsp3) is 0.261. The Morgan fingerprint density at radius 2 is 1.66 bits per heavy atom. The van der Waals surface area contributed by atoms with Crippen LogP contribution < -0.4 is 10.2 Å². The number of nitrogens with one attached hydrogen (secondary N) is 1. The van der Waals surface area contributed by atoms with Crippen molar-refractivity contribution in [3.63, 3.8) is 0 Å². The SMILES string of the molecule is Cc1ccc(NC(=O)N2CCN(c3ccc(-c4ccccc4)nn3)CC2)c(C)c1. The van der Waals surface area contributed by atoms with Crippen LogP contribution in [0.15, 0.2) is 60.7 Å². The number of amides is 2. The number of hydrogen-bond acceptors (Lipinski definition) is 4. The predicted molar refractivity (Wildman–Crippen MR) is 116 cm³/mol. The highest BCUT2D eigenvalue weighted by atomic mass is 16.2. The number of nitrogens with zero attached hydrogens (tertiary/aromatic N) is 4. The van der Waals surface area contributed by atoms with Crippen LogP contribution in [0.4, 0.5) is 16.3 Å². The van der Waals surface area contributed by atoms with Gasteiger partial charge in [-0.3, -0.25) is 0 Å². The van der Waals surface area contributed by atoms with E-state index in [0.717, 1.165) is 41.4 Å². The molecule has 1 aliphatic rings. The monoisotopic (exact) mass is 387 g/mol. The Hall–Kier alpha value is -3.41. The summed E-state index contributed by atoms with van der Waals surface area (Å²) in [5.41, 5.74) is 5.05. The van der Waals surface area contributed by atoms with Crippen molar-refractivity contribution in [2.75, 3.05) is 36.4 Å². The van der Waals surface area contributed by atoms with Crippen LogP contribution in [0.5, 0.6) is 0 Å². The molecule has 1 aromatic heterocycles.